The summed E-state index contributed by atoms with van der Waals surface area (Å²) in [6.07, 6.45) is 0.584. The van der Waals surface area contributed by atoms with E-state index in [1.807, 2.05) is 38.1 Å². The fraction of sp³-hybridized carbons (Fsp3) is 0.400. The molecule has 1 aromatic carbocycles. The quantitative estimate of drug-likeness (QED) is 0.921. The van der Waals surface area contributed by atoms with Crippen LogP contribution in [0.25, 0.3) is 11.3 Å². The first-order valence-corrected chi connectivity index (χ1v) is 8.81. The summed E-state index contributed by atoms with van der Waals surface area (Å²) in [5.74, 6) is 0.871. The van der Waals surface area contributed by atoms with Crippen LogP contribution in [0.3, 0.4) is 0 Å². The van der Waals surface area contributed by atoms with E-state index in [-0.39, 0.29) is 17.5 Å². The van der Waals surface area contributed by atoms with Crippen molar-refractivity contribution in [1.29, 1.82) is 0 Å². The number of anilines is 1. The van der Waals surface area contributed by atoms with Crippen LogP contribution in [0.5, 0.6) is 0 Å². The second-order valence-electron chi connectivity index (χ2n) is 5.72. The van der Waals surface area contributed by atoms with Crippen molar-refractivity contribution in [2.24, 2.45) is 0 Å². The number of hydrogen-bond donors (Lipinski definition) is 1. The highest BCUT2D eigenvalue weighted by Gasteiger charge is 2.31. The lowest BCUT2D eigenvalue weighted by molar-refractivity contribution is 0.508. The first-order valence-electron chi connectivity index (χ1n) is 6.99. The van der Waals surface area contributed by atoms with E-state index >= 15 is 0 Å². The van der Waals surface area contributed by atoms with Crippen molar-refractivity contribution in [3.8, 4) is 11.3 Å². The first-order chi connectivity index (χ1) is 9.87. The van der Waals surface area contributed by atoms with Gasteiger partial charge in [-0.05, 0) is 31.4 Å². The maximum Gasteiger partial charge on any atom is 0.152 e. The molecular formula is C15H19N3O2S. The number of sulfone groups is 1. The van der Waals surface area contributed by atoms with Crippen molar-refractivity contribution >= 4 is 15.7 Å². The Labute approximate surface area is 124 Å². The van der Waals surface area contributed by atoms with Crippen LogP contribution in [0.4, 0.5) is 5.82 Å². The fourth-order valence-corrected chi connectivity index (χ4v) is 4.70. The van der Waals surface area contributed by atoms with Gasteiger partial charge in [0.25, 0.3) is 0 Å². The Hall–Kier alpha value is -1.82. The molecule has 2 aromatic rings. The van der Waals surface area contributed by atoms with Crippen molar-refractivity contribution in [2.75, 3.05) is 17.2 Å². The van der Waals surface area contributed by atoms with Gasteiger partial charge in [-0.25, -0.2) is 13.1 Å². The number of nitrogens with two attached hydrogens (primary N) is 1. The summed E-state index contributed by atoms with van der Waals surface area (Å²) < 4.78 is 24.9. The summed E-state index contributed by atoms with van der Waals surface area (Å²) in [4.78, 5) is 0. The molecule has 1 atom stereocenters. The van der Waals surface area contributed by atoms with Gasteiger partial charge in [-0.2, -0.15) is 5.10 Å². The summed E-state index contributed by atoms with van der Waals surface area (Å²) in [5.41, 5.74) is 10.2. The average molecular weight is 305 g/mol. The minimum Gasteiger partial charge on any atom is -0.384 e. The molecule has 21 heavy (non-hydrogen) atoms. The lowest BCUT2D eigenvalue weighted by Crippen LogP contribution is -2.14. The summed E-state index contributed by atoms with van der Waals surface area (Å²) in [7, 11) is -2.95. The number of nitrogens with zero attached hydrogens (tertiary/aromatic N) is 2. The van der Waals surface area contributed by atoms with Gasteiger partial charge in [0.1, 0.15) is 5.82 Å². The monoisotopic (exact) mass is 305 g/mol. The van der Waals surface area contributed by atoms with Crippen molar-refractivity contribution in [2.45, 2.75) is 26.3 Å². The fourth-order valence-electron chi connectivity index (χ4n) is 3.01. The maximum atomic E-state index is 11.6. The molecule has 0 bridgehead atoms. The molecule has 0 saturated carbocycles. The molecule has 1 fully saturated rings. The molecular weight excluding hydrogens is 286 g/mol. The molecule has 2 N–H and O–H groups in total. The molecule has 0 aliphatic carbocycles. The van der Waals surface area contributed by atoms with E-state index in [0.717, 1.165) is 22.4 Å². The lowest BCUT2D eigenvalue weighted by atomic mass is 10.0. The Kier molecular flexibility index (Phi) is 3.28. The van der Waals surface area contributed by atoms with Gasteiger partial charge >= 0.3 is 0 Å². The molecule has 2 heterocycles. The first kappa shape index (κ1) is 14.1. The highest BCUT2D eigenvalue weighted by atomic mass is 32.2. The second kappa shape index (κ2) is 4.87. The van der Waals surface area contributed by atoms with E-state index in [9.17, 15) is 8.42 Å². The van der Waals surface area contributed by atoms with Crippen LogP contribution in [-0.2, 0) is 9.84 Å². The Bertz CT molecular complexity index is 773. The Balaban J connectivity index is 2.03. The zero-order valence-corrected chi connectivity index (χ0v) is 13.0. The molecule has 1 aliphatic rings. The molecule has 0 amide bonds. The summed E-state index contributed by atoms with van der Waals surface area (Å²) in [6.45, 7) is 4.08. The second-order valence-corrected chi connectivity index (χ2v) is 7.95. The normalized spacial score (nSPS) is 20.8. The Morgan fingerprint density at radius 2 is 1.95 bits per heavy atom. The van der Waals surface area contributed by atoms with E-state index in [1.54, 1.807) is 4.68 Å². The smallest absolute Gasteiger partial charge is 0.152 e. The summed E-state index contributed by atoms with van der Waals surface area (Å²) in [5, 5.41) is 4.58. The van der Waals surface area contributed by atoms with E-state index in [0.29, 0.717) is 12.2 Å². The average Bonchev–Trinajstić information content (AvgIpc) is 2.92. The molecule has 1 aliphatic heterocycles. The Morgan fingerprint density at radius 1 is 1.29 bits per heavy atom. The maximum absolute atomic E-state index is 11.6. The van der Waals surface area contributed by atoms with Crippen LogP contribution < -0.4 is 5.73 Å². The third kappa shape index (κ3) is 2.55. The van der Waals surface area contributed by atoms with Gasteiger partial charge in [0, 0.05) is 11.6 Å². The minimum atomic E-state index is -2.95. The van der Waals surface area contributed by atoms with Gasteiger partial charge in [0.15, 0.2) is 9.84 Å². The zero-order chi connectivity index (χ0) is 15.2. The van der Waals surface area contributed by atoms with Gasteiger partial charge in [0.05, 0.1) is 23.2 Å². The van der Waals surface area contributed by atoms with Crippen molar-refractivity contribution in [3.63, 3.8) is 0 Å². The molecule has 5 nitrogen and oxygen atoms in total. The number of hydrogen-bond acceptors (Lipinski definition) is 4. The van der Waals surface area contributed by atoms with Gasteiger partial charge in [0.2, 0.25) is 0 Å². The number of aryl methyl sites for hydroxylation is 2. The largest absolute Gasteiger partial charge is 0.384 e. The van der Waals surface area contributed by atoms with Crippen LogP contribution in [0.2, 0.25) is 0 Å². The van der Waals surface area contributed by atoms with Gasteiger partial charge in [-0.3, -0.25) is 0 Å². The van der Waals surface area contributed by atoms with E-state index < -0.39 is 9.84 Å². The third-order valence-corrected chi connectivity index (χ3v) is 5.81. The highest BCUT2D eigenvalue weighted by molar-refractivity contribution is 7.91. The Morgan fingerprint density at radius 3 is 2.52 bits per heavy atom. The predicted octanol–water partition coefficient (Wildman–Crippen LogP) is 2.11. The number of aromatic nitrogens is 2. The topological polar surface area (TPSA) is 78.0 Å². The summed E-state index contributed by atoms with van der Waals surface area (Å²) >= 11 is 0. The molecule has 3 rings (SSSR count). The molecule has 0 radical (unpaired) electrons. The van der Waals surface area contributed by atoms with Gasteiger partial charge in [-0.15, -0.1) is 0 Å². The number of nitrogen functional groups attached to an aromatic ring is 1. The van der Waals surface area contributed by atoms with Crippen molar-refractivity contribution in [3.05, 3.63) is 35.4 Å². The molecule has 1 saturated heterocycles. The molecule has 0 spiro atoms. The molecule has 1 aromatic heterocycles. The van der Waals surface area contributed by atoms with Crippen LogP contribution in [0, 0.1) is 13.8 Å². The number of rotatable bonds is 2. The van der Waals surface area contributed by atoms with E-state index in [4.69, 9.17) is 5.73 Å². The molecule has 6 heteroatoms. The van der Waals surface area contributed by atoms with Crippen molar-refractivity contribution < 1.29 is 8.42 Å². The van der Waals surface area contributed by atoms with Crippen LogP contribution in [-0.4, -0.2) is 29.7 Å². The molecule has 112 valence electrons. The zero-order valence-electron chi connectivity index (χ0n) is 12.2. The van der Waals surface area contributed by atoms with E-state index in [2.05, 4.69) is 5.10 Å². The van der Waals surface area contributed by atoms with Crippen molar-refractivity contribution in [1.82, 2.24) is 9.78 Å². The van der Waals surface area contributed by atoms with E-state index in [1.165, 1.54) is 0 Å². The highest BCUT2D eigenvalue weighted by Crippen LogP contribution is 2.31. The standard InChI is InChI=1S/C15H19N3O2S/c1-10-4-3-5-11(2)15(10)13-8-14(16)18(17-13)12-6-7-21(19,20)9-12/h3-5,8,12H,6-7,9,16H2,1-2H3. The van der Waals surface area contributed by atoms with Gasteiger partial charge in [-0.1, -0.05) is 18.2 Å². The predicted molar refractivity (Wildman–Crippen MR) is 83.9 cm³/mol. The number of benzene rings is 1. The lowest BCUT2D eigenvalue weighted by Gasteiger charge is -2.10. The van der Waals surface area contributed by atoms with Crippen LogP contribution in [0.15, 0.2) is 24.3 Å². The summed E-state index contributed by atoms with van der Waals surface area (Å²) in [6, 6.07) is 7.78. The minimum absolute atomic E-state index is 0.130. The SMILES string of the molecule is Cc1cccc(C)c1-c1cc(N)n(C2CCS(=O)(=O)C2)n1. The molecule has 1 unspecified atom stereocenters. The third-order valence-electron chi connectivity index (χ3n) is 4.06. The van der Waals surface area contributed by atoms with Gasteiger partial charge < -0.3 is 5.73 Å². The van der Waals surface area contributed by atoms with Crippen LogP contribution >= 0.6 is 0 Å². The van der Waals surface area contributed by atoms with Crippen LogP contribution in [0.1, 0.15) is 23.6 Å².